The topological polar surface area (TPSA) is 59.4 Å². The van der Waals surface area contributed by atoms with Gasteiger partial charge in [-0.3, -0.25) is 9.48 Å². The summed E-state index contributed by atoms with van der Waals surface area (Å²) in [6.07, 6.45) is 1.90. The molecular formula is C21H24N4O2. The van der Waals surface area contributed by atoms with Crippen LogP contribution in [0.5, 0.6) is 5.75 Å². The number of aromatic nitrogens is 2. The van der Waals surface area contributed by atoms with Crippen LogP contribution in [0, 0.1) is 6.92 Å². The van der Waals surface area contributed by atoms with Gasteiger partial charge in [-0.25, -0.2) is 0 Å². The first-order valence-electron chi connectivity index (χ1n) is 8.72. The van der Waals surface area contributed by atoms with E-state index in [-0.39, 0.29) is 12.5 Å². The predicted molar refractivity (Wildman–Crippen MR) is 108 cm³/mol. The summed E-state index contributed by atoms with van der Waals surface area (Å²) in [5.41, 5.74) is 3.76. The van der Waals surface area contributed by atoms with Crippen molar-refractivity contribution in [2.45, 2.75) is 13.5 Å². The van der Waals surface area contributed by atoms with Gasteiger partial charge in [0.05, 0.1) is 12.8 Å². The van der Waals surface area contributed by atoms with E-state index in [2.05, 4.69) is 10.4 Å². The molecule has 3 rings (SSSR count). The fourth-order valence-electron chi connectivity index (χ4n) is 2.90. The number of carbonyl (C=O) groups is 1. The fraction of sp³-hybridized carbons (Fsp3) is 0.238. The Bertz CT molecular complexity index is 933. The summed E-state index contributed by atoms with van der Waals surface area (Å²) in [5.74, 6) is 1.29. The smallest absolute Gasteiger partial charge is 0.246 e. The van der Waals surface area contributed by atoms with Crippen molar-refractivity contribution in [3.63, 3.8) is 0 Å². The van der Waals surface area contributed by atoms with E-state index in [4.69, 9.17) is 4.74 Å². The molecule has 0 saturated carbocycles. The van der Waals surface area contributed by atoms with E-state index in [0.717, 1.165) is 22.5 Å². The van der Waals surface area contributed by atoms with E-state index in [1.54, 1.807) is 11.8 Å². The summed E-state index contributed by atoms with van der Waals surface area (Å²) < 4.78 is 6.98. The molecule has 0 saturated heterocycles. The van der Waals surface area contributed by atoms with Gasteiger partial charge in [-0.05, 0) is 30.2 Å². The van der Waals surface area contributed by atoms with Gasteiger partial charge >= 0.3 is 0 Å². The number of benzene rings is 2. The Balaban J connectivity index is 1.82. The molecule has 0 aliphatic heterocycles. The van der Waals surface area contributed by atoms with E-state index in [0.29, 0.717) is 11.4 Å². The van der Waals surface area contributed by atoms with Crippen LogP contribution >= 0.6 is 0 Å². The number of hydrogen-bond donors (Lipinski definition) is 1. The van der Waals surface area contributed by atoms with Crippen molar-refractivity contribution in [2.75, 3.05) is 31.4 Å². The molecule has 0 spiro atoms. The van der Waals surface area contributed by atoms with Crippen LogP contribution in [-0.2, 0) is 11.3 Å². The number of methoxy groups -OCH3 is 1. The van der Waals surface area contributed by atoms with Crippen LogP contribution < -0.4 is 15.0 Å². The summed E-state index contributed by atoms with van der Waals surface area (Å²) in [6, 6.07) is 15.7. The molecule has 0 aliphatic carbocycles. The van der Waals surface area contributed by atoms with Gasteiger partial charge in [0.1, 0.15) is 12.3 Å². The van der Waals surface area contributed by atoms with E-state index in [9.17, 15) is 4.79 Å². The van der Waals surface area contributed by atoms with Gasteiger partial charge in [-0.2, -0.15) is 5.10 Å². The molecule has 0 aliphatic rings. The van der Waals surface area contributed by atoms with Crippen molar-refractivity contribution in [1.82, 2.24) is 9.78 Å². The third kappa shape index (κ3) is 4.28. The van der Waals surface area contributed by atoms with E-state index < -0.39 is 0 Å². The highest BCUT2D eigenvalue weighted by Crippen LogP contribution is 2.29. The number of anilines is 2. The zero-order valence-corrected chi connectivity index (χ0v) is 16.1. The molecule has 0 radical (unpaired) electrons. The lowest BCUT2D eigenvalue weighted by atomic mass is 10.1. The standard InChI is InChI=1S/C21H24N4O2/c1-15-10-11-19(27-4)18(12-15)22-20(26)14-25-13-17(21(23-25)24(2)3)16-8-6-5-7-9-16/h5-13H,14H2,1-4H3,(H,22,26). The summed E-state index contributed by atoms with van der Waals surface area (Å²) in [5, 5.41) is 7.49. The van der Waals surface area contributed by atoms with Crippen molar-refractivity contribution in [2.24, 2.45) is 0 Å². The molecule has 0 atom stereocenters. The Kier molecular flexibility index (Phi) is 5.45. The maximum atomic E-state index is 12.5. The molecule has 1 aromatic heterocycles. The lowest BCUT2D eigenvalue weighted by Gasteiger charge is -2.11. The Hall–Kier alpha value is -3.28. The second kappa shape index (κ2) is 7.95. The maximum absolute atomic E-state index is 12.5. The maximum Gasteiger partial charge on any atom is 0.246 e. The van der Waals surface area contributed by atoms with Gasteiger partial charge < -0.3 is 15.0 Å². The molecule has 1 N–H and O–H groups in total. The van der Waals surface area contributed by atoms with Crippen molar-refractivity contribution in [3.8, 4) is 16.9 Å². The lowest BCUT2D eigenvalue weighted by Crippen LogP contribution is -2.20. The number of ether oxygens (including phenoxy) is 1. The third-order valence-corrected chi connectivity index (χ3v) is 4.19. The largest absolute Gasteiger partial charge is 0.495 e. The van der Waals surface area contributed by atoms with Gasteiger partial charge in [0, 0.05) is 25.9 Å². The van der Waals surface area contributed by atoms with E-state index >= 15 is 0 Å². The average molecular weight is 364 g/mol. The minimum absolute atomic E-state index is 0.116. The van der Waals surface area contributed by atoms with Crippen LogP contribution in [0.4, 0.5) is 11.5 Å². The Morgan fingerprint density at radius 2 is 1.93 bits per heavy atom. The third-order valence-electron chi connectivity index (χ3n) is 4.19. The molecule has 0 unspecified atom stereocenters. The fourth-order valence-corrected chi connectivity index (χ4v) is 2.90. The molecule has 0 bridgehead atoms. The van der Waals surface area contributed by atoms with Gasteiger partial charge in [-0.15, -0.1) is 0 Å². The van der Waals surface area contributed by atoms with Crippen molar-refractivity contribution in [3.05, 3.63) is 60.3 Å². The van der Waals surface area contributed by atoms with Crippen LogP contribution in [0.15, 0.2) is 54.7 Å². The van der Waals surface area contributed by atoms with Crippen molar-refractivity contribution < 1.29 is 9.53 Å². The molecule has 0 fully saturated rings. The van der Waals surface area contributed by atoms with Crippen LogP contribution in [0.1, 0.15) is 5.56 Å². The van der Waals surface area contributed by atoms with Crippen LogP contribution in [-0.4, -0.2) is 36.9 Å². The number of nitrogens with zero attached hydrogens (tertiary/aromatic N) is 3. The quantitative estimate of drug-likeness (QED) is 0.726. The first kappa shape index (κ1) is 18.5. The van der Waals surface area contributed by atoms with Gasteiger partial charge in [0.25, 0.3) is 0 Å². The van der Waals surface area contributed by atoms with Gasteiger partial charge in [0.15, 0.2) is 5.82 Å². The first-order chi connectivity index (χ1) is 13.0. The lowest BCUT2D eigenvalue weighted by molar-refractivity contribution is -0.116. The summed E-state index contributed by atoms with van der Waals surface area (Å²) >= 11 is 0. The highest BCUT2D eigenvalue weighted by atomic mass is 16.5. The molecule has 27 heavy (non-hydrogen) atoms. The summed E-state index contributed by atoms with van der Waals surface area (Å²) in [6.45, 7) is 2.09. The van der Waals surface area contributed by atoms with Crippen molar-refractivity contribution >= 4 is 17.4 Å². The molecule has 140 valence electrons. The number of aryl methyl sites for hydroxylation is 1. The normalized spacial score (nSPS) is 10.5. The Morgan fingerprint density at radius 1 is 1.19 bits per heavy atom. The highest BCUT2D eigenvalue weighted by Gasteiger charge is 2.15. The molecular weight excluding hydrogens is 340 g/mol. The van der Waals surface area contributed by atoms with E-state index in [1.165, 1.54) is 0 Å². The molecule has 6 heteroatoms. The van der Waals surface area contributed by atoms with Crippen LogP contribution in [0.3, 0.4) is 0 Å². The molecule has 1 heterocycles. The second-order valence-corrected chi connectivity index (χ2v) is 6.58. The monoisotopic (exact) mass is 364 g/mol. The number of amides is 1. The molecule has 1 amide bonds. The predicted octanol–water partition coefficient (Wildman–Crippen LogP) is 3.57. The van der Waals surface area contributed by atoms with Crippen LogP contribution in [0.25, 0.3) is 11.1 Å². The van der Waals surface area contributed by atoms with Gasteiger partial charge in [-0.1, -0.05) is 36.4 Å². The molecule has 2 aromatic carbocycles. The second-order valence-electron chi connectivity index (χ2n) is 6.58. The van der Waals surface area contributed by atoms with E-state index in [1.807, 2.05) is 80.6 Å². The highest BCUT2D eigenvalue weighted by molar-refractivity contribution is 5.92. The zero-order valence-electron chi connectivity index (χ0n) is 16.1. The number of carbonyl (C=O) groups excluding carboxylic acids is 1. The summed E-state index contributed by atoms with van der Waals surface area (Å²) in [4.78, 5) is 14.5. The molecule has 6 nitrogen and oxygen atoms in total. The van der Waals surface area contributed by atoms with Gasteiger partial charge in [0.2, 0.25) is 5.91 Å². The summed E-state index contributed by atoms with van der Waals surface area (Å²) in [7, 11) is 5.47. The Morgan fingerprint density at radius 3 is 2.59 bits per heavy atom. The number of hydrogen-bond acceptors (Lipinski definition) is 4. The number of nitrogens with one attached hydrogen (secondary N) is 1. The SMILES string of the molecule is COc1ccc(C)cc1NC(=O)Cn1cc(-c2ccccc2)c(N(C)C)n1. The molecule has 3 aromatic rings. The average Bonchev–Trinajstić information content (AvgIpc) is 3.06. The number of rotatable bonds is 6. The minimum Gasteiger partial charge on any atom is -0.495 e. The first-order valence-corrected chi connectivity index (χ1v) is 8.72. The Labute approximate surface area is 159 Å². The van der Waals surface area contributed by atoms with Crippen molar-refractivity contribution in [1.29, 1.82) is 0 Å². The van der Waals surface area contributed by atoms with Crippen LogP contribution in [0.2, 0.25) is 0 Å². The zero-order chi connectivity index (χ0) is 19.4. The minimum atomic E-state index is -0.161.